The van der Waals surface area contributed by atoms with E-state index in [0.29, 0.717) is 0 Å². The molecule has 0 saturated heterocycles. The molecule has 0 unspecified atom stereocenters. The summed E-state index contributed by atoms with van der Waals surface area (Å²) >= 11 is 0. The lowest BCUT2D eigenvalue weighted by Gasteiger charge is -2.19. The third-order valence-electron chi connectivity index (χ3n) is 2.85. The number of hydrogen-bond acceptors (Lipinski definition) is 3. The monoisotopic (exact) mass is 303 g/mol. The summed E-state index contributed by atoms with van der Waals surface area (Å²) in [6.07, 6.45) is 1.51. The van der Waals surface area contributed by atoms with Crippen molar-refractivity contribution in [1.82, 2.24) is 10.7 Å². The van der Waals surface area contributed by atoms with Crippen molar-refractivity contribution in [3.63, 3.8) is 0 Å². The Morgan fingerprint density at radius 1 is 0.955 bits per heavy atom. The molecule has 0 spiro atoms. The van der Waals surface area contributed by atoms with E-state index in [1.165, 1.54) is 11.8 Å². The molecule has 22 heavy (non-hydrogen) atoms. The van der Waals surface area contributed by atoms with Gasteiger partial charge in [0.05, 0.1) is 6.21 Å². The Morgan fingerprint density at radius 2 is 1.50 bits per heavy atom. The molecule has 0 radical (unpaired) electrons. The molecule has 0 aliphatic heterocycles. The molecule has 1 aromatic rings. The van der Waals surface area contributed by atoms with Gasteiger partial charge in [0.15, 0.2) is 0 Å². The van der Waals surface area contributed by atoms with Crippen LogP contribution in [0, 0.1) is 0 Å². The van der Waals surface area contributed by atoms with Gasteiger partial charge in [-0.15, -0.1) is 0 Å². The average Bonchev–Trinajstić information content (AvgIpc) is 2.36. The summed E-state index contributed by atoms with van der Waals surface area (Å²) in [5.41, 5.74) is 3.92. The van der Waals surface area contributed by atoms with Gasteiger partial charge in [-0.3, -0.25) is 9.59 Å². The van der Waals surface area contributed by atoms with E-state index in [1.807, 2.05) is 24.3 Å². The molecule has 0 fully saturated rings. The number of benzene rings is 1. The van der Waals surface area contributed by atoms with Crippen LogP contribution < -0.4 is 10.7 Å². The van der Waals surface area contributed by atoms with Crippen LogP contribution >= 0.6 is 0 Å². The van der Waals surface area contributed by atoms with Crippen LogP contribution in [0.5, 0.6) is 0 Å². The van der Waals surface area contributed by atoms with Crippen molar-refractivity contribution in [2.75, 3.05) is 0 Å². The highest BCUT2D eigenvalue weighted by atomic mass is 16.2. The minimum atomic E-state index is -0.780. The Bertz CT molecular complexity index is 561. The maximum Gasteiger partial charge on any atom is 0.329 e. The van der Waals surface area contributed by atoms with Gasteiger partial charge in [-0.2, -0.15) is 5.10 Å². The molecule has 2 N–H and O–H groups in total. The van der Waals surface area contributed by atoms with E-state index in [2.05, 4.69) is 36.6 Å². The van der Waals surface area contributed by atoms with Gasteiger partial charge in [-0.25, -0.2) is 5.43 Å². The molecule has 0 bridgehead atoms. The zero-order valence-corrected chi connectivity index (χ0v) is 14.2. The minimum absolute atomic E-state index is 0.0922. The molecule has 5 nitrogen and oxygen atoms in total. The van der Waals surface area contributed by atoms with E-state index in [-0.39, 0.29) is 5.41 Å². The number of nitrogens with one attached hydrogen (secondary N) is 2. The van der Waals surface area contributed by atoms with Gasteiger partial charge in [0, 0.05) is 5.54 Å². The van der Waals surface area contributed by atoms with Gasteiger partial charge in [-0.05, 0) is 37.3 Å². The molecule has 1 rings (SSSR count). The number of hydrogen-bond donors (Lipinski definition) is 2. The molecular formula is C17H25N3O2. The Balaban J connectivity index is 2.59. The minimum Gasteiger partial charge on any atom is -0.343 e. The number of nitrogens with zero attached hydrogens (tertiary/aromatic N) is 1. The third-order valence-corrected chi connectivity index (χ3v) is 2.85. The number of amides is 2. The van der Waals surface area contributed by atoms with Crippen molar-refractivity contribution in [1.29, 1.82) is 0 Å². The topological polar surface area (TPSA) is 70.6 Å². The van der Waals surface area contributed by atoms with Crippen LogP contribution in [-0.4, -0.2) is 23.6 Å². The fourth-order valence-corrected chi connectivity index (χ4v) is 1.68. The van der Waals surface area contributed by atoms with Crippen LogP contribution in [0.1, 0.15) is 52.7 Å². The normalized spacial score (nSPS) is 12.3. The predicted molar refractivity (Wildman–Crippen MR) is 88.8 cm³/mol. The number of hydrazone groups is 1. The fourth-order valence-electron chi connectivity index (χ4n) is 1.68. The summed E-state index contributed by atoms with van der Waals surface area (Å²) < 4.78 is 0. The molecule has 2 amide bonds. The Kier molecular flexibility index (Phi) is 5.47. The van der Waals surface area contributed by atoms with Crippen LogP contribution in [0.2, 0.25) is 0 Å². The van der Waals surface area contributed by atoms with E-state index in [9.17, 15) is 9.59 Å². The van der Waals surface area contributed by atoms with Gasteiger partial charge < -0.3 is 5.32 Å². The van der Waals surface area contributed by atoms with Crippen molar-refractivity contribution >= 4 is 18.0 Å². The Hall–Kier alpha value is -2.17. The number of rotatable bonds is 2. The first-order chi connectivity index (χ1) is 9.99. The molecule has 0 saturated carbocycles. The quantitative estimate of drug-likeness (QED) is 0.500. The second-order valence-corrected chi connectivity index (χ2v) is 7.28. The van der Waals surface area contributed by atoms with Crippen LogP contribution in [-0.2, 0) is 15.0 Å². The first-order valence-electron chi connectivity index (χ1n) is 7.25. The van der Waals surface area contributed by atoms with Gasteiger partial charge in [0.2, 0.25) is 0 Å². The maximum absolute atomic E-state index is 11.6. The molecular weight excluding hydrogens is 278 g/mol. The van der Waals surface area contributed by atoms with Gasteiger partial charge in [0.25, 0.3) is 0 Å². The third kappa shape index (κ3) is 6.08. The largest absolute Gasteiger partial charge is 0.343 e. The van der Waals surface area contributed by atoms with Gasteiger partial charge in [-0.1, -0.05) is 45.0 Å². The van der Waals surface area contributed by atoms with E-state index in [4.69, 9.17) is 0 Å². The maximum atomic E-state index is 11.6. The Morgan fingerprint density at radius 3 is 1.95 bits per heavy atom. The molecule has 120 valence electrons. The highest BCUT2D eigenvalue weighted by Gasteiger charge is 2.19. The molecule has 0 aliphatic carbocycles. The molecule has 0 aliphatic rings. The van der Waals surface area contributed by atoms with Crippen LogP contribution in [0.25, 0.3) is 0 Å². The Labute approximate surface area is 132 Å². The molecule has 0 aromatic heterocycles. The van der Waals surface area contributed by atoms with Crippen molar-refractivity contribution in [2.45, 2.75) is 52.5 Å². The zero-order valence-electron chi connectivity index (χ0n) is 14.2. The lowest BCUT2D eigenvalue weighted by Crippen LogP contribution is -2.47. The number of carbonyl (C=O) groups excluding carboxylic acids is 2. The van der Waals surface area contributed by atoms with Crippen molar-refractivity contribution in [3.05, 3.63) is 35.4 Å². The van der Waals surface area contributed by atoms with Gasteiger partial charge in [0.1, 0.15) is 0 Å². The smallest absolute Gasteiger partial charge is 0.329 e. The second-order valence-electron chi connectivity index (χ2n) is 7.28. The summed E-state index contributed by atoms with van der Waals surface area (Å²) in [5.74, 6) is -1.48. The number of carbonyl (C=O) groups is 2. The van der Waals surface area contributed by atoms with Gasteiger partial charge >= 0.3 is 11.8 Å². The summed E-state index contributed by atoms with van der Waals surface area (Å²) in [7, 11) is 0. The summed E-state index contributed by atoms with van der Waals surface area (Å²) in [6, 6.07) is 7.89. The van der Waals surface area contributed by atoms with Crippen molar-refractivity contribution in [3.8, 4) is 0 Å². The van der Waals surface area contributed by atoms with E-state index < -0.39 is 17.4 Å². The van der Waals surface area contributed by atoms with E-state index >= 15 is 0 Å². The highest BCUT2D eigenvalue weighted by molar-refractivity contribution is 6.35. The lowest BCUT2D eigenvalue weighted by molar-refractivity contribution is -0.140. The molecule has 1 aromatic carbocycles. The van der Waals surface area contributed by atoms with E-state index in [1.54, 1.807) is 20.8 Å². The highest BCUT2D eigenvalue weighted by Crippen LogP contribution is 2.21. The zero-order chi connectivity index (χ0) is 17.0. The first kappa shape index (κ1) is 17.9. The summed E-state index contributed by atoms with van der Waals surface area (Å²) in [4.78, 5) is 23.1. The van der Waals surface area contributed by atoms with Crippen LogP contribution in [0.15, 0.2) is 29.4 Å². The summed E-state index contributed by atoms with van der Waals surface area (Å²) in [6.45, 7) is 11.8. The first-order valence-corrected chi connectivity index (χ1v) is 7.25. The average molecular weight is 303 g/mol. The SMILES string of the molecule is CC(C)(C)NC(=O)C(=O)N/N=C/c1ccc(C(C)(C)C)cc1. The predicted octanol–water partition coefficient (Wildman–Crippen LogP) is 2.35. The molecule has 0 atom stereocenters. The molecule has 0 heterocycles. The fraction of sp³-hybridized carbons (Fsp3) is 0.471. The van der Waals surface area contributed by atoms with Crippen LogP contribution in [0.4, 0.5) is 0 Å². The molecule has 5 heteroatoms. The lowest BCUT2D eigenvalue weighted by atomic mass is 9.87. The summed E-state index contributed by atoms with van der Waals surface area (Å²) in [5, 5.41) is 6.37. The standard InChI is InChI=1S/C17H25N3O2/c1-16(2,3)13-9-7-12(8-10-13)11-18-20-15(22)14(21)19-17(4,5)6/h7-11H,1-6H3,(H,19,21)(H,20,22)/b18-11+. The van der Waals surface area contributed by atoms with Crippen molar-refractivity contribution < 1.29 is 9.59 Å². The van der Waals surface area contributed by atoms with Crippen molar-refractivity contribution in [2.24, 2.45) is 5.10 Å². The van der Waals surface area contributed by atoms with Crippen LogP contribution in [0.3, 0.4) is 0 Å². The van der Waals surface area contributed by atoms with E-state index in [0.717, 1.165) is 5.56 Å². The second kappa shape index (κ2) is 6.73.